The summed E-state index contributed by atoms with van der Waals surface area (Å²) in [6.07, 6.45) is 0. The number of carbonyl (C=O) groups is 1. The van der Waals surface area contributed by atoms with Gasteiger partial charge in [-0.2, -0.15) is 0 Å². The van der Waals surface area contributed by atoms with Crippen molar-refractivity contribution in [2.45, 2.75) is 13.0 Å². The number of carbonyl (C=O) groups excluding carboxylic acids is 1. The van der Waals surface area contributed by atoms with Gasteiger partial charge in [0.05, 0.1) is 11.6 Å². The highest BCUT2D eigenvalue weighted by Gasteiger charge is 2.31. The first-order chi connectivity index (χ1) is 12.4. The second-order valence-electron chi connectivity index (χ2n) is 5.67. The Kier molecular flexibility index (Phi) is 5.33. The third kappa shape index (κ3) is 3.76. The predicted molar refractivity (Wildman–Crippen MR) is 103 cm³/mol. The van der Waals surface area contributed by atoms with Gasteiger partial charge in [-0.05, 0) is 42.9 Å². The summed E-state index contributed by atoms with van der Waals surface area (Å²) in [6, 6.07) is 10.2. The Morgan fingerprint density at radius 1 is 1.19 bits per heavy atom. The fraction of sp³-hybridized carbons (Fsp3) is 0.111. The lowest BCUT2D eigenvalue weighted by molar-refractivity contribution is -0.113. The van der Waals surface area contributed by atoms with Crippen LogP contribution < -0.4 is 16.0 Å². The molecule has 26 heavy (non-hydrogen) atoms. The molecule has 1 aliphatic rings. The molecule has 0 spiro atoms. The molecule has 0 unspecified atom stereocenters. The van der Waals surface area contributed by atoms with E-state index in [1.807, 2.05) is 24.3 Å². The van der Waals surface area contributed by atoms with E-state index in [2.05, 4.69) is 31.9 Å². The maximum Gasteiger partial charge on any atom is 0.255 e. The summed E-state index contributed by atoms with van der Waals surface area (Å²) in [5, 5.41) is 9.00. The SMILES string of the molecule is CC1=C(C(=O)Nc2ccc(F)c(F)c2)[C@H](c2ccccc2Br)NC(=S)N1. The molecule has 0 fully saturated rings. The molecule has 1 atom stereocenters. The van der Waals surface area contributed by atoms with Gasteiger partial charge in [0, 0.05) is 21.9 Å². The van der Waals surface area contributed by atoms with Gasteiger partial charge in [-0.1, -0.05) is 34.1 Å². The predicted octanol–water partition coefficient (Wildman–Crippen LogP) is 4.16. The Bertz CT molecular complexity index is 932. The fourth-order valence-corrected chi connectivity index (χ4v) is 3.49. The number of allylic oxidation sites excluding steroid dienone is 1. The lowest BCUT2D eigenvalue weighted by Crippen LogP contribution is -2.45. The zero-order valence-electron chi connectivity index (χ0n) is 13.6. The lowest BCUT2D eigenvalue weighted by atomic mass is 9.95. The number of rotatable bonds is 3. The number of nitrogens with one attached hydrogen (secondary N) is 3. The highest BCUT2D eigenvalue weighted by molar-refractivity contribution is 9.10. The molecule has 0 aliphatic carbocycles. The first-order valence-electron chi connectivity index (χ1n) is 7.66. The lowest BCUT2D eigenvalue weighted by Gasteiger charge is -2.31. The minimum Gasteiger partial charge on any atom is -0.351 e. The van der Waals surface area contributed by atoms with E-state index in [0.29, 0.717) is 16.4 Å². The second kappa shape index (κ2) is 7.51. The summed E-state index contributed by atoms with van der Waals surface area (Å²) in [5.74, 6) is -2.45. The average Bonchev–Trinajstić information content (AvgIpc) is 2.57. The van der Waals surface area contributed by atoms with Gasteiger partial charge in [-0.3, -0.25) is 4.79 Å². The molecule has 2 aromatic carbocycles. The molecule has 0 bridgehead atoms. The molecule has 8 heteroatoms. The van der Waals surface area contributed by atoms with Crippen molar-refractivity contribution in [3.05, 3.63) is 75.4 Å². The fourth-order valence-electron chi connectivity index (χ4n) is 2.71. The number of halogens is 3. The van der Waals surface area contributed by atoms with Gasteiger partial charge in [0.2, 0.25) is 0 Å². The van der Waals surface area contributed by atoms with E-state index in [-0.39, 0.29) is 5.69 Å². The van der Waals surface area contributed by atoms with Gasteiger partial charge < -0.3 is 16.0 Å². The minimum atomic E-state index is -1.03. The van der Waals surface area contributed by atoms with Crippen molar-refractivity contribution in [2.75, 3.05) is 5.32 Å². The van der Waals surface area contributed by atoms with Crippen LogP contribution in [0.3, 0.4) is 0 Å². The molecule has 2 aromatic rings. The van der Waals surface area contributed by atoms with Crippen LogP contribution in [0.1, 0.15) is 18.5 Å². The van der Waals surface area contributed by atoms with Crippen LogP contribution in [0.5, 0.6) is 0 Å². The molecule has 134 valence electrons. The maximum atomic E-state index is 13.4. The number of anilines is 1. The van der Waals surface area contributed by atoms with Gasteiger partial charge >= 0.3 is 0 Å². The quantitative estimate of drug-likeness (QED) is 0.631. The maximum absolute atomic E-state index is 13.4. The van der Waals surface area contributed by atoms with Crippen LogP contribution in [0.15, 0.2) is 58.2 Å². The summed E-state index contributed by atoms with van der Waals surface area (Å²) < 4.78 is 27.3. The van der Waals surface area contributed by atoms with Gasteiger partial charge in [0.15, 0.2) is 16.7 Å². The molecule has 0 saturated carbocycles. The molecule has 3 rings (SSSR count). The van der Waals surface area contributed by atoms with E-state index in [1.54, 1.807) is 6.92 Å². The van der Waals surface area contributed by atoms with Crippen LogP contribution in [0.4, 0.5) is 14.5 Å². The number of amides is 1. The van der Waals surface area contributed by atoms with Crippen LogP contribution in [0.2, 0.25) is 0 Å². The minimum absolute atomic E-state index is 0.160. The zero-order chi connectivity index (χ0) is 18.8. The average molecular weight is 438 g/mol. The van der Waals surface area contributed by atoms with Crippen LogP contribution >= 0.6 is 28.1 Å². The van der Waals surface area contributed by atoms with Gasteiger partial charge in [0.25, 0.3) is 5.91 Å². The summed E-state index contributed by atoms with van der Waals surface area (Å²) >= 11 is 8.69. The first kappa shape index (κ1) is 18.5. The number of hydrogen-bond donors (Lipinski definition) is 3. The van der Waals surface area contributed by atoms with Crippen molar-refractivity contribution >= 4 is 44.9 Å². The Labute approximate surface area is 162 Å². The number of benzene rings is 2. The topological polar surface area (TPSA) is 53.2 Å². The van der Waals surface area contributed by atoms with E-state index in [4.69, 9.17) is 12.2 Å². The van der Waals surface area contributed by atoms with Gasteiger partial charge in [0.1, 0.15) is 0 Å². The van der Waals surface area contributed by atoms with Crippen molar-refractivity contribution in [3.8, 4) is 0 Å². The smallest absolute Gasteiger partial charge is 0.255 e. The van der Waals surface area contributed by atoms with Crippen LogP contribution in [0.25, 0.3) is 0 Å². The molecule has 0 radical (unpaired) electrons. The van der Waals surface area contributed by atoms with Crippen molar-refractivity contribution in [1.82, 2.24) is 10.6 Å². The molecular formula is C18H14BrF2N3OS. The third-order valence-electron chi connectivity index (χ3n) is 3.91. The third-order valence-corrected chi connectivity index (χ3v) is 4.85. The van der Waals surface area contributed by atoms with E-state index in [9.17, 15) is 13.6 Å². The van der Waals surface area contributed by atoms with Crippen molar-refractivity contribution in [2.24, 2.45) is 0 Å². The highest BCUT2D eigenvalue weighted by Crippen LogP contribution is 2.32. The van der Waals surface area contributed by atoms with Crippen LogP contribution in [-0.2, 0) is 4.79 Å². The summed E-state index contributed by atoms with van der Waals surface area (Å²) in [7, 11) is 0. The summed E-state index contributed by atoms with van der Waals surface area (Å²) in [4.78, 5) is 12.9. The largest absolute Gasteiger partial charge is 0.351 e. The van der Waals surface area contributed by atoms with Crippen molar-refractivity contribution < 1.29 is 13.6 Å². The standard InChI is InChI=1S/C18H14BrF2N3OS/c1-9-15(17(25)23-10-6-7-13(20)14(21)8-10)16(24-18(26)22-9)11-4-2-3-5-12(11)19/h2-8,16H,1H3,(H,23,25)(H2,22,24,26)/t16-/m0/s1. The van der Waals surface area contributed by atoms with E-state index >= 15 is 0 Å². The van der Waals surface area contributed by atoms with Crippen LogP contribution in [-0.4, -0.2) is 11.0 Å². The van der Waals surface area contributed by atoms with E-state index in [1.165, 1.54) is 6.07 Å². The molecule has 0 saturated heterocycles. The second-order valence-corrected chi connectivity index (χ2v) is 6.94. The Morgan fingerprint density at radius 3 is 2.62 bits per heavy atom. The first-order valence-corrected chi connectivity index (χ1v) is 8.86. The van der Waals surface area contributed by atoms with E-state index in [0.717, 1.165) is 22.2 Å². The molecule has 0 aromatic heterocycles. The molecule has 4 nitrogen and oxygen atoms in total. The van der Waals surface area contributed by atoms with Gasteiger partial charge in [-0.15, -0.1) is 0 Å². The molecular weight excluding hydrogens is 424 g/mol. The number of hydrogen-bond acceptors (Lipinski definition) is 2. The molecule has 3 N–H and O–H groups in total. The van der Waals surface area contributed by atoms with Crippen LogP contribution in [0, 0.1) is 11.6 Å². The molecule has 1 amide bonds. The van der Waals surface area contributed by atoms with Crippen molar-refractivity contribution in [3.63, 3.8) is 0 Å². The van der Waals surface area contributed by atoms with Crippen molar-refractivity contribution in [1.29, 1.82) is 0 Å². The summed E-state index contributed by atoms with van der Waals surface area (Å²) in [5.41, 5.74) is 1.96. The Morgan fingerprint density at radius 2 is 1.92 bits per heavy atom. The van der Waals surface area contributed by atoms with Gasteiger partial charge in [-0.25, -0.2) is 8.78 Å². The molecule has 1 heterocycles. The van der Waals surface area contributed by atoms with E-state index < -0.39 is 23.6 Å². The Balaban J connectivity index is 1.97. The highest BCUT2D eigenvalue weighted by atomic mass is 79.9. The Hall–Kier alpha value is -2.32. The monoisotopic (exact) mass is 437 g/mol. The summed E-state index contributed by atoms with van der Waals surface area (Å²) in [6.45, 7) is 1.73. The zero-order valence-corrected chi connectivity index (χ0v) is 16.0. The number of thiocarbonyl (C=S) groups is 1. The molecule has 1 aliphatic heterocycles. The normalized spacial score (nSPS) is 16.8.